The fraction of sp³-hybridized carbons (Fsp3) is 0.231. The van der Waals surface area contributed by atoms with Crippen molar-refractivity contribution in [2.45, 2.75) is 6.04 Å². The highest BCUT2D eigenvalue weighted by Crippen LogP contribution is 2.21. The normalized spacial score (nSPS) is 12.4. The second-order valence-electron chi connectivity index (χ2n) is 3.66. The summed E-state index contributed by atoms with van der Waals surface area (Å²) in [4.78, 5) is 0. The first kappa shape index (κ1) is 10.8. The molecule has 0 spiro atoms. The third kappa shape index (κ3) is 2.09. The molecule has 0 amide bonds. The van der Waals surface area contributed by atoms with Crippen molar-refractivity contribution in [3.8, 4) is 5.75 Å². The van der Waals surface area contributed by atoms with E-state index in [-0.39, 0.29) is 6.04 Å². The van der Waals surface area contributed by atoms with Crippen molar-refractivity contribution in [3.05, 3.63) is 54.4 Å². The van der Waals surface area contributed by atoms with Gasteiger partial charge in [0, 0.05) is 18.9 Å². The highest BCUT2D eigenvalue weighted by Gasteiger charge is 2.10. The van der Waals surface area contributed by atoms with E-state index in [1.54, 1.807) is 7.11 Å². The summed E-state index contributed by atoms with van der Waals surface area (Å²) in [5.74, 6) is 0.864. The van der Waals surface area contributed by atoms with Crippen LogP contribution in [0.4, 0.5) is 0 Å². The molecule has 2 aromatic rings. The van der Waals surface area contributed by atoms with E-state index in [0.717, 1.165) is 11.3 Å². The van der Waals surface area contributed by atoms with Crippen molar-refractivity contribution in [3.63, 3.8) is 0 Å². The number of rotatable bonds is 4. The lowest BCUT2D eigenvalue weighted by Crippen LogP contribution is -2.19. The monoisotopic (exact) mass is 216 g/mol. The molecule has 1 atom stereocenters. The Labute approximate surface area is 95.5 Å². The zero-order valence-corrected chi connectivity index (χ0v) is 9.34. The molecule has 84 valence electrons. The second-order valence-corrected chi connectivity index (χ2v) is 3.66. The maximum atomic E-state index is 5.83. The molecule has 0 saturated heterocycles. The molecular formula is C13H16N2O. The van der Waals surface area contributed by atoms with Crippen molar-refractivity contribution in [1.82, 2.24) is 4.57 Å². The van der Waals surface area contributed by atoms with E-state index in [0.29, 0.717) is 6.54 Å². The first-order valence-corrected chi connectivity index (χ1v) is 5.31. The Morgan fingerprint density at radius 1 is 1.25 bits per heavy atom. The minimum atomic E-state index is 0.171. The van der Waals surface area contributed by atoms with E-state index in [9.17, 15) is 0 Å². The summed E-state index contributed by atoms with van der Waals surface area (Å²) in [6.45, 7) is 0.571. The van der Waals surface area contributed by atoms with Gasteiger partial charge in [-0.1, -0.05) is 12.1 Å². The van der Waals surface area contributed by atoms with Gasteiger partial charge in [-0.3, -0.25) is 0 Å². The zero-order valence-electron chi connectivity index (χ0n) is 9.34. The lowest BCUT2D eigenvalue weighted by molar-refractivity contribution is 0.413. The molecule has 1 unspecified atom stereocenters. The molecule has 0 radical (unpaired) electrons. The minimum Gasteiger partial charge on any atom is -0.497 e. The molecule has 2 rings (SSSR count). The van der Waals surface area contributed by atoms with Crippen LogP contribution in [-0.2, 0) is 0 Å². The number of benzene rings is 1. The van der Waals surface area contributed by atoms with Gasteiger partial charge < -0.3 is 15.0 Å². The SMILES string of the molecule is COc1cccc(C(CN)n2cccc2)c1. The molecule has 3 nitrogen and oxygen atoms in total. The summed E-state index contributed by atoms with van der Waals surface area (Å²) < 4.78 is 7.32. The summed E-state index contributed by atoms with van der Waals surface area (Å²) >= 11 is 0. The largest absolute Gasteiger partial charge is 0.497 e. The van der Waals surface area contributed by atoms with Crippen LogP contribution in [0.1, 0.15) is 11.6 Å². The van der Waals surface area contributed by atoms with Crippen LogP contribution in [0.15, 0.2) is 48.8 Å². The van der Waals surface area contributed by atoms with Crippen LogP contribution in [0.25, 0.3) is 0 Å². The van der Waals surface area contributed by atoms with Gasteiger partial charge in [0.25, 0.3) is 0 Å². The van der Waals surface area contributed by atoms with Crippen LogP contribution in [-0.4, -0.2) is 18.2 Å². The standard InChI is InChI=1S/C13H16N2O/c1-16-12-6-4-5-11(9-12)13(10-14)15-7-2-3-8-15/h2-9,13H,10,14H2,1H3. The number of hydrogen-bond donors (Lipinski definition) is 1. The molecule has 0 aliphatic rings. The van der Waals surface area contributed by atoms with Crippen LogP contribution in [0.5, 0.6) is 5.75 Å². The lowest BCUT2D eigenvalue weighted by Gasteiger charge is -2.18. The van der Waals surface area contributed by atoms with Gasteiger partial charge in [-0.15, -0.1) is 0 Å². The molecule has 0 fully saturated rings. The van der Waals surface area contributed by atoms with Crippen LogP contribution in [0, 0.1) is 0 Å². The third-order valence-electron chi connectivity index (χ3n) is 2.69. The van der Waals surface area contributed by atoms with Crippen molar-refractivity contribution >= 4 is 0 Å². The first-order chi connectivity index (χ1) is 7.85. The Morgan fingerprint density at radius 2 is 2.00 bits per heavy atom. The van der Waals surface area contributed by atoms with Crippen LogP contribution in [0.3, 0.4) is 0 Å². The fourth-order valence-corrected chi connectivity index (χ4v) is 1.83. The van der Waals surface area contributed by atoms with Crippen LogP contribution < -0.4 is 10.5 Å². The summed E-state index contributed by atoms with van der Waals surface area (Å²) in [6.07, 6.45) is 4.05. The molecule has 1 aromatic heterocycles. The lowest BCUT2D eigenvalue weighted by atomic mass is 10.1. The van der Waals surface area contributed by atoms with E-state index >= 15 is 0 Å². The molecule has 1 aromatic carbocycles. The fourth-order valence-electron chi connectivity index (χ4n) is 1.83. The smallest absolute Gasteiger partial charge is 0.119 e. The number of nitrogens with two attached hydrogens (primary N) is 1. The van der Waals surface area contributed by atoms with Crippen LogP contribution >= 0.6 is 0 Å². The number of nitrogens with zero attached hydrogens (tertiary/aromatic N) is 1. The highest BCUT2D eigenvalue weighted by atomic mass is 16.5. The third-order valence-corrected chi connectivity index (χ3v) is 2.69. The summed E-state index contributed by atoms with van der Waals surface area (Å²) in [6, 6.07) is 12.2. The Morgan fingerprint density at radius 3 is 2.62 bits per heavy atom. The van der Waals surface area contributed by atoms with Gasteiger partial charge in [0.15, 0.2) is 0 Å². The molecule has 16 heavy (non-hydrogen) atoms. The average molecular weight is 216 g/mol. The molecule has 3 heteroatoms. The van der Waals surface area contributed by atoms with Crippen molar-refractivity contribution in [2.75, 3.05) is 13.7 Å². The number of methoxy groups -OCH3 is 1. The predicted molar refractivity (Wildman–Crippen MR) is 64.6 cm³/mol. The Hall–Kier alpha value is -1.74. The first-order valence-electron chi connectivity index (χ1n) is 5.31. The quantitative estimate of drug-likeness (QED) is 0.849. The zero-order chi connectivity index (χ0) is 11.4. The van der Waals surface area contributed by atoms with Gasteiger partial charge in [0.05, 0.1) is 13.2 Å². The van der Waals surface area contributed by atoms with Gasteiger partial charge in [-0.25, -0.2) is 0 Å². The molecule has 0 aliphatic carbocycles. The molecule has 0 aliphatic heterocycles. The van der Waals surface area contributed by atoms with E-state index in [2.05, 4.69) is 10.6 Å². The van der Waals surface area contributed by atoms with Gasteiger partial charge in [0.2, 0.25) is 0 Å². The minimum absolute atomic E-state index is 0.171. The van der Waals surface area contributed by atoms with E-state index < -0.39 is 0 Å². The summed E-state index contributed by atoms with van der Waals surface area (Å²) in [5.41, 5.74) is 6.99. The topological polar surface area (TPSA) is 40.2 Å². The Bertz CT molecular complexity index is 437. The predicted octanol–water partition coefficient (Wildman–Crippen LogP) is 2.04. The van der Waals surface area contributed by atoms with Crippen molar-refractivity contribution in [2.24, 2.45) is 5.73 Å². The molecular weight excluding hydrogens is 200 g/mol. The summed E-state index contributed by atoms with van der Waals surface area (Å²) in [5, 5.41) is 0. The van der Waals surface area contributed by atoms with Crippen LogP contribution in [0.2, 0.25) is 0 Å². The Kier molecular flexibility index (Phi) is 3.27. The molecule has 2 N–H and O–H groups in total. The highest BCUT2D eigenvalue weighted by molar-refractivity contribution is 5.31. The van der Waals surface area contributed by atoms with Gasteiger partial charge in [-0.2, -0.15) is 0 Å². The molecule has 0 saturated carbocycles. The van der Waals surface area contributed by atoms with Crippen molar-refractivity contribution < 1.29 is 4.74 Å². The van der Waals surface area contributed by atoms with E-state index in [1.165, 1.54) is 0 Å². The Balaban J connectivity index is 2.33. The maximum absolute atomic E-state index is 5.83. The summed E-state index contributed by atoms with van der Waals surface area (Å²) in [7, 11) is 1.67. The van der Waals surface area contributed by atoms with Crippen molar-refractivity contribution in [1.29, 1.82) is 0 Å². The average Bonchev–Trinajstić information content (AvgIpc) is 2.84. The number of aromatic nitrogens is 1. The number of ether oxygens (including phenoxy) is 1. The number of hydrogen-bond acceptors (Lipinski definition) is 2. The molecule has 1 heterocycles. The van der Waals surface area contributed by atoms with Gasteiger partial charge in [-0.05, 0) is 29.8 Å². The van der Waals surface area contributed by atoms with E-state index in [1.807, 2.05) is 42.7 Å². The van der Waals surface area contributed by atoms with Gasteiger partial charge >= 0.3 is 0 Å². The second kappa shape index (κ2) is 4.86. The van der Waals surface area contributed by atoms with Gasteiger partial charge in [0.1, 0.15) is 5.75 Å². The van der Waals surface area contributed by atoms with E-state index in [4.69, 9.17) is 10.5 Å². The maximum Gasteiger partial charge on any atom is 0.119 e. The molecule has 0 bridgehead atoms.